The molecule has 0 N–H and O–H groups in total. The fourth-order valence-corrected chi connectivity index (χ4v) is 1.52. The molecule has 4 heteroatoms. The second-order valence-corrected chi connectivity index (χ2v) is 3.79. The molecule has 0 aromatic heterocycles. The number of nitriles is 1. The summed E-state index contributed by atoms with van der Waals surface area (Å²) in [6, 6.07) is 9.06. The SMILES string of the molecule is CC1=NC(=Cc2ccc(C#N)cc2)C(=O)N1C. The summed E-state index contributed by atoms with van der Waals surface area (Å²) >= 11 is 0. The Kier molecular flexibility index (Phi) is 2.75. The van der Waals surface area contributed by atoms with Crippen molar-refractivity contribution in [1.29, 1.82) is 5.26 Å². The average Bonchev–Trinajstić information content (AvgIpc) is 2.58. The van der Waals surface area contributed by atoms with Crippen molar-refractivity contribution in [3.8, 4) is 6.07 Å². The van der Waals surface area contributed by atoms with Crippen molar-refractivity contribution in [3.63, 3.8) is 0 Å². The lowest BCUT2D eigenvalue weighted by atomic mass is 10.1. The van der Waals surface area contributed by atoms with Crippen LogP contribution in [0.25, 0.3) is 6.08 Å². The molecule has 0 atom stereocenters. The number of rotatable bonds is 1. The minimum absolute atomic E-state index is 0.105. The molecule has 0 radical (unpaired) electrons. The van der Waals surface area contributed by atoms with Crippen LogP contribution in [-0.4, -0.2) is 23.7 Å². The Hall–Kier alpha value is -2.41. The number of hydrogen-bond acceptors (Lipinski definition) is 3. The van der Waals surface area contributed by atoms with E-state index in [1.165, 1.54) is 4.90 Å². The maximum atomic E-state index is 11.7. The lowest BCUT2D eigenvalue weighted by Crippen LogP contribution is -2.25. The number of carbonyl (C=O) groups excluding carboxylic acids is 1. The van der Waals surface area contributed by atoms with Crippen LogP contribution in [0.3, 0.4) is 0 Å². The van der Waals surface area contributed by atoms with Gasteiger partial charge in [-0.2, -0.15) is 5.26 Å². The first-order valence-electron chi connectivity index (χ1n) is 5.17. The smallest absolute Gasteiger partial charge is 0.277 e. The number of nitrogens with zero attached hydrogens (tertiary/aromatic N) is 3. The molecule has 4 nitrogen and oxygen atoms in total. The first-order chi connectivity index (χ1) is 8.11. The fraction of sp³-hybridized carbons (Fsp3) is 0.154. The van der Waals surface area contributed by atoms with Gasteiger partial charge >= 0.3 is 0 Å². The lowest BCUT2D eigenvalue weighted by Gasteiger charge is -2.05. The van der Waals surface area contributed by atoms with Crippen LogP contribution in [0, 0.1) is 11.3 Å². The fourth-order valence-electron chi connectivity index (χ4n) is 1.52. The molecule has 0 spiro atoms. The van der Waals surface area contributed by atoms with Crippen molar-refractivity contribution in [2.45, 2.75) is 6.92 Å². The van der Waals surface area contributed by atoms with Gasteiger partial charge in [0.25, 0.3) is 5.91 Å². The topological polar surface area (TPSA) is 56.5 Å². The van der Waals surface area contributed by atoms with Gasteiger partial charge < -0.3 is 0 Å². The molecule has 0 unspecified atom stereocenters. The number of amides is 1. The number of amidine groups is 1. The van der Waals surface area contributed by atoms with Gasteiger partial charge in [0.05, 0.1) is 11.6 Å². The van der Waals surface area contributed by atoms with Gasteiger partial charge in [-0.05, 0) is 30.7 Å². The Labute approximate surface area is 99.5 Å². The average molecular weight is 225 g/mol. The van der Waals surface area contributed by atoms with E-state index in [0.29, 0.717) is 17.1 Å². The highest BCUT2D eigenvalue weighted by atomic mass is 16.2. The molecule has 1 aliphatic heterocycles. The predicted octanol–water partition coefficient (Wildman–Crippen LogP) is 1.79. The Bertz CT molecular complexity index is 561. The molecule has 1 amide bonds. The first-order valence-corrected chi connectivity index (χ1v) is 5.17. The van der Waals surface area contributed by atoms with Gasteiger partial charge in [0, 0.05) is 7.05 Å². The summed E-state index contributed by atoms with van der Waals surface area (Å²) in [5.74, 6) is 0.585. The van der Waals surface area contributed by atoms with E-state index in [4.69, 9.17) is 5.26 Å². The molecule has 1 heterocycles. The highest BCUT2D eigenvalue weighted by Crippen LogP contribution is 2.16. The van der Waals surface area contributed by atoms with E-state index in [0.717, 1.165) is 5.56 Å². The van der Waals surface area contributed by atoms with Crippen molar-refractivity contribution in [2.75, 3.05) is 7.05 Å². The lowest BCUT2D eigenvalue weighted by molar-refractivity contribution is -0.121. The standard InChI is InChI=1S/C13H11N3O/c1-9-15-12(13(17)16(9)2)7-10-3-5-11(8-14)6-4-10/h3-7H,1-2H3. The van der Waals surface area contributed by atoms with Gasteiger partial charge in [-0.3, -0.25) is 9.69 Å². The largest absolute Gasteiger partial charge is 0.298 e. The monoisotopic (exact) mass is 225 g/mol. The minimum atomic E-state index is -0.105. The van der Waals surface area contributed by atoms with Crippen molar-refractivity contribution in [1.82, 2.24) is 4.90 Å². The van der Waals surface area contributed by atoms with E-state index < -0.39 is 0 Å². The van der Waals surface area contributed by atoms with Crippen LogP contribution in [0.2, 0.25) is 0 Å². The maximum absolute atomic E-state index is 11.7. The summed E-state index contributed by atoms with van der Waals surface area (Å²) in [5.41, 5.74) is 1.88. The zero-order valence-corrected chi connectivity index (χ0v) is 9.64. The zero-order chi connectivity index (χ0) is 12.4. The molecule has 0 fully saturated rings. The maximum Gasteiger partial charge on any atom is 0.277 e. The second kappa shape index (κ2) is 4.22. The minimum Gasteiger partial charge on any atom is -0.298 e. The van der Waals surface area contributed by atoms with E-state index in [1.54, 1.807) is 44.3 Å². The molecular formula is C13H11N3O. The summed E-state index contributed by atoms with van der Waals surface area (Å²) in [5, 5.41) is 8.68. The van der Waals surface area contributed by atoms with Crippen molar-refractivity contribution < 1.29 is 4.79 Å². The van der Waals surface area contributed by atoms with Crippen molar-refractivity contribution in [2.24, 2.45) is 4.99 Å². The molecule has 1 aromatic rings. The summed E-state index contributed by atoms with van der Waals surface area (Å²) in [4.78, 5) is 17.4. The van der Waals surface area contributed by atoms with Crippen LogP contribution in [0.4, 0.5) is 0 Å². The van der Waals surface area contributed by atoms with E-state index in [1.807, 2.05) is 6.07 Å². The highest BCUT2D eigenvalue weighted by molar-refractivity contribution is 6.13. The summed E-state index contributed by atoms with van der Waals surface area (Å²) in [6.07, 6.45) is 1.72. The van der Waals surface area contributed by atoms with Gasteiger partial charge in [-0.1, -0.05) is 12.1 Å². The van der Waals surface area contributed by atoms with Crippen LogP contribution >= 0.6 is 0 Å². The van der Waals surface area contributed by atoms with E-state index >= 15 is 0 Å². The van der Waals surface area contributed by atoms with Crippen molar-refractivity contribution >= 4 is 17.8 Å². The third-order valence-corrected chi connectivity index (χ3v) is 2.63. The summed E-state index contributed by atoms with van der Waals surface area (Å²) < 4.78 is 0. The Balaban J connectivity index is 2.32. The van der Waals surface area contributed by atoms with Crippen molar-refractivity contribution in [3.05, 3.63) is 41.1 Å². The molecule has 17 heavy (non-hydrogen) atoms. The molecule has 0 aliphatic carbocycles. The van der Waals surface area contributed by atoms with Crippen LogP contribution in [0.1, 0.15) is 18.1 Å². The van der Waals surface area contributed by atoms with Crippen LogP contribution in [0.5, 0.6) is 0 Å². The zero-order valence-electron chi connectivity index (χ0n) is 9.64. The quantitative estimate of drug-likeness (QED) is 0.684. The Morgan fingerprint density at radius 1 is 1.35 bits per heavy atom. The highest BCUT2D eigenvalue weighted by Gasteiger charge is 2.23. The first kappa shape index (κ1) is 11.1. The van der Waals surface area contributed by atoms with E-state index in [-0.39, 0.29) is 5.91 Å². The van der Waals surface area contributed by atoms with E-state index in [2.05, 4.69) is 4.99 Å². The van der Waals surface area contributed by atoms with Crippen LogP contribution in [-0.2, 0) is 4.79 Å². The van der Waals surface area contributed by atoms with Gasteiger partial charge in [-0.15, -0.1) is 0 Å². The van der Waals surface area contributed by atoms with Gasteiger partial charge in [0.15, 0.2) is 0 Å². The normalized spacial score (nSPS) is 17.2. The predicted molar refractivity (Wildman–Crippen MR) is 65.0 cm³/mol. The van der Waals surface area contributed by atoms with Gasteiger partial charge in [-0.25, -0.2) is 4.99 Å². The molecule has 2 rings (SSSR count). The molecule has 0 bridgehead atoms. The van der Waals surface area contributed by atoms with Crippen LogP contribution in [0.15, 0.2) is 35.0 Å². The molecule has 0 saturated carbocycles. The summed E-state index contributed by atoms with van der Waals surface area (Å²) in [6.45, 7) is 1.79. The number of benzene rings is 1. The number of likely N-dealkylation sites (N-methyl/N-ethyl adjacent to an activating group) is 1. The van der Waals surface area contributed by atoms with E-state index in [9.17, 15) is 4.79 Å². The molecule has 84 valence electrons. The molecule has 0 saturated heterocycles. The third kappa shape index (κ3) is 2.08. The Morgan fingerprint density at radius 3 is 2.47 bits per heavy atom. The Morgan fingerprint density at radius 2 is 2.00 bits per heavy atom. The molecule has 1 aromatic carbocycles. The molecular weight excluding hydrogens is 214 g/mol. The number of aliphatic imine (C=N–C) groups is 1. The summed E-state index contributed by atoms with van der Waals surface area (Å²) in [7, 11) is 1.70. The second-order valence-electron chi connectivity index (χ2n) is 3.79. The molecule has 1 aliphatic rings. The van der Waals surface area contributed by atoms with Crippen LogP contribution < -0.4 is 0 Å². The number of carbonyl (C=O) groups is 1. The number of hydrogen-bond donors (Lipinski definition) is 0. The van der Waals surface area contributed by atoms with Gasteiger partial charge in [0.2, 0.25) is 0 Å². The van der Waals surface area contributed by atoms with Gasteiger partial charge in [0.1, 0.15) is 11.5 Å². The third-order valence-electron chi connectivity index (χ3n) is 2.63.